The first-order valence-corrected chi connectivity index (χ1v) is 12.7. The number of nitrogens with one attached hydrogen (secondary N) is 4. The van der Waals surface area contributed by atoms with Crippen LogP contribution in [-0.4, -0.2) is 74.5 Å². The summed E-state index contributed by atoms with van der Waals surface area (Å²) in [7, 11) is 1.74. The van der Waals surface area contributed by atoms with Crippen LogP contribution in [0.4, 0.5) is 5.95 Å². The minimum absolute atomic E-state index is 0.163. The minimum Gasteiger partial charge on any atom is -0.383 e. The highest BCUT2D eigenvalue weighted by Gasteiger charge is 2.26. The van der Waals surface area contributed by atoms with Crippen LogP contribution >= 0.6 is 11.6 Å². The van der Waals surface area contributed by atoms with Gasteiger partial charge in [0.1, 0.15) is 5.84 Å². The standard InChI is InChI=1S/C23H38ClN7O2/c1-32-11-8-25-18-2-4-19(5-3-18)29-23-27-15-20(24)22(30-23)17-12-21(31-28-14-17)26-13-16-6-9-33-10-7-16/h15-19,25,28H,2-14H2,1H3,(H,26,31)(H,27,29,30). The Morgan fingerprint density at radius 2 is 1.97 bits per heavy atom. The van der Waals surface area contributed by atoms with Crippen molar-refractivity contribution in [3.8, 4) is 0 Å². The van der Waals surface area contributed by atoms with Crippen molar-refractivity contribution in [3.05, 3.63) is 16.9 Å². The van der Waals surface area contributed by atoms with Crippen LogP contribution in [0.15, 0.2) is 11.2 Å². The van der Waals surface area contributed by atoms with Gasteiger partial charge in [0.2, 0.25) is 5.95 Å². The van der Waals surface area contributed by atoms with E-state index in [1.165, 1.54) is 0 Å². The van der Waals surface area contributed by atoms with Gasteiger partial charge < -0.3 is 25.5 Å². The SMILES string of the molecule is COCCNC1CCC(Nc2ncc(Cl)c(C3CNNC(=NCC4CCOCC4)C3)n2)CC1. The fourth-order valence-electron chi connectivity index (χ4n) is 4.82. The number of methoxy groups -OCH3 is 1. The normalized spacial score (nSPS) is 27.9. The lowest BCUT2D eigenvalue weighted by molar-refractivity contribution is 0.0689. The molecule has 4 N–H and O–H groups in total. The fraction of sp³-hybridized carbons (Fsp3) is 0.783. The van der Waals surface area contributed by atoms with Crippen LogP contribution in [-0.2, 0) is 9.47 Å². The topological polar surface area (TPSA) is 105 Å². The molecular formula is C23H38ClN7O2. The number of rotatable bonds is 9. The van der Waals surface area contributed by atoms with Gasteiger partial charge in [0.15, 0.2) is 0 Å². The summed E-state index contributed by atoms with van der Waals surface area (Å²) < 4.78 is 10.6. The van der Waals surface area contributed by atoms with E-state index in [2.05, 4.69) is 26.5 Å². The molecule has 184 valence electrons. The zero-order valence-corrected chi connectivity index (χ0v) is 20.4. The average Bonchev–Trinajstić information content (AvgIpc) is 2.86. The summed E-state index contributed by atoms with van der Waals surface area (Å²) in [6.07, 6.45) is 9.19. The maximum atomic E-state index is 6.53. The quantitative estimate of drug-likeness (QED) is 0.400. The number of aromatic nitrogens is 2. The minimum atomic E-state index is 0.163. The number of amidine groups is 1. The molecule has 1 atom stereocenters. The fourth-order valence-corrected chi connectivity index (χ4v) is 5.07. The van der Waals surface area contributed by atoms with Gasteiger partial charge >= 0.3 is 0 Å². The summed E-state index contributed by atoms with van der Waals surface area (Å²) in [6.45, 7) is 4.96. The monoisotopic (exact) mass is 479 g/mol. The highest BCUT2D eigenvalue weighted by atomic mass is 35.5. The summed E-state index contributed by atoms with van der Waals surface area (Å²) in [5, 5.41) is 7.73. The molecule has 1 saturated carbocycles. The Hall–Kier alpha value is -1.52. The molecule has 0 aromatic carbocycles. The van der Waals surface area contributed by atoms with E-state index in [9.17, 15) is 0 Å². The van der Waals surface area contributed by atoms with Gasteiger partial charge in [-0.2, -0.15) is 0 Å². The summed E-state index contributed by atoms with van der Waals surface area (Å²) >= 11 is 6.53. The van der Waals surface area contributed by atoms with Crippen LogP contribution in [0, 0.1) is 5.92 Å². The van der Waals surface area contributed by atoms with Gasteiger partial charge in [-0.1, -0.05) is 11.6 Å². The zero-order valence-electron chi connectivity index (χ0n) is 19.6. The molecule has 1 unspecified atom stereocenters. The predicted molar refractivity (Wildman–Crippen MR) is 131 cm³/mol. The highest BCUT2D eigenvalue weighted by Crippen LogP contribution is 2.28. The maximum Gasteiger partial charge on any atom is 0.223 e. The second-order valence-corrected chi connectivity index (χ2v) is 9.72. The molecule has 3 aliphatic rings. The molecule has 1 aliphatic carbocycles. The lowest BCUT2D eigenvalue weighted by Crippen LogP contribution is -2.46. The third kappa shape index (κ3) is 7.48. The molecule has 2 aliphatic heterocycles. The second kappa shape index (κ2) is 12.8. The molecule has 0 bridgehead atoms. The van der Waals surface area contributed by atoms with Crippen molar-refractivity contribution in [2.45, 2.75) is 62.9 Å². The van der Waals surface area contributed by atoms with Gasteiger partial charge in [-0.3, -0.25) is 4.99 Å². The molecule has 4 rings (SSSR count). The van der Waals surface area contributed by atoms with E-state index in [4.69, 9.17) is 31.1 Å². The number of halogens is 1. The second-order valence-electron chi connectivity index (χ2n) is 9.32. The van der Waals surface area contributed by atoms with Crippen molar-refractivity contribution in [1.29, 1.82) is 0 Å². The lowest BCUT2D eigenvalue weighted by atomic mass is 9.91. The van der Waals surface area contributed by atoms with Crippen molar-refractivity contribution < 1.29 is 9.47 Å². The number of nitrogens with zero attached hydrogens (tertiary/aromatic N) is 3. The highest BCUT2D eigenvalue weighted by molar-refractivity contribution is 6.31. The molecule has 0 radical (unpaired) electrons. The first kappa shape index (κ1) is 24.6. The molecule has 10 heteroatoms. The summed E-state index contributed by atoms with van der Waals surface area (Å²) in [6, 6.07) is 0.960. The number of anilines is 1. The third-order valence-electron chi connectivity index (χ3n) is 6.86. The van der Waals surface area contributed by atoms with Gasteiger partial charge in [-0.05, 0) is 44.4 Å². The summed E-state index contributed by atoms with van der Waals surface area (Å²) in [4.78, 5) is 14.1. The molecule has 9 nitrogen and oxygen atoms in total. The van der Waals surface area contributed by atoms with Crippen LogP contribution in [0.1, 0.15) is 56.6 Å². The Labute approximate surface area is 201 Å². The van der Waals surface area contributed by atoms with Crippen molar-refractivity contribution in [3.63, 3.8) is 0 Å². The van der Waals surface area contributed by atoms with Gasteiger partial charge in [0.25, 0.3) is 0 Å². The maximum absolute atomic E-state index is 6.53. The molecular weight excluding hydrogens is 442 g/mol. The Bertz CT molecular complexity index is 767. The van der Waals surface area contributed by atoms with Crippen LogP contribution < -0.4 is 21.5 Å². The Morgan fingerprint density at radius 3 is 2.76 bits per heavy atom. The molecule has 33 heavy (non-hydrogen) atoms. The van der Waals surface area contributed by atoms with Crippen LogP contribution in [0.2, 0.25) is 5.02 Å². The predicted octanol–water partition coefficient (Wildman–Crippen LogP) is 2.50. The van der Waals surface area contributed by atoms with Crippen molar-refractivity contribution in [2.24, 2.45) is 10.9 Å². The Morgan fingerprint density at radius 1 is 1.18 bits per heavy atom. The number of ether oxygens (including phenoxy) is 2. The van der Waals surface area contributed by atoms with Crippen LogP contribution in [0.5, 0.6) is 0 Å². The molecule has 1 aromatic heterocycles. The van der Waals surface area contributed by atoms with Crippen molar-refractivity contribution in [1.82, 2.24) is 26.1 Å². The van der Waals surface area contributed by atoms with E-state index < -0.39 is 0 Å². The summed E-state index contributed by atoms with van der Waals surface area (Å²) in [5.74, 6) is 2.42. The largest absolute Gasteiger partial charge is 0.383 e. The Kier molecular flexibility index (Phi) is 9.55. The number of aliphatic imine (C=N–C) groups is 1. The van der Waals surface area contributed by atoms with Crippen LogP contribution in [0.25, 0.3) is 0 Å². The van der Waals surface area contributed by atoms with E-state index in [1.807, 2.05) is 0 Å². The average molecular weight is 480 g/mol. The molecule has 2 saturated heterocycles. The number of hydrogen-bond donors (Lipinski definition) is 4. The van der Waals surface area contributed by atoms with Gasteiger partial charge in [0.05, 0.1) is 23.5 Å². The lowest BCUT2D eigenvalue weighted by Gasteiger charge is -2.30. The third-order valence-corrected chi connectivity index (χ3v) is 7.15. The smallest absolute Gasteiger partial charge is 0.223 e. The zero-order chi connectivity index (χ0) is 22.9. The van der Waals surface area contributed by atoms with Gasteiger partial charge in [-0.25, -0.2) is 15.4 Å². The van der Waals surface area contributed by atoms with Crippen molar-refractivity contribution in [2.75, 3.05) is 51.9 Å². The summed E-state index contributed by atoms with van der Waals surface area (Å²) in [5.41, 5.74) is 7.38. The molecule has 0 spiro atoms. The van der Waals surface area contributed by atoms with Gasteiger partial charge in [0, 0.05) is 64.4 Å². The molecule has 0 amide bonds. The van der Waals surface area contributed by atoms with E-state index in [-0.39, 0.29) is 5.92 Å². The van der Waals surface area contributed by atoms with E-state index in [0.717, 1.165) is 95.9 Å². The molecule has 3 heterocycles. The number of hydrazine groups is 1. The van der Waals surface area contributed by atoms with E-state index >= 15 is 0 Å². The molecule has 3 fully saturated rings. The van der Waals surface area contributed by atoms with E-state index in [0.29, 0.717) is 29.0 Å². The number of hydrogen-bond acceptors (Lipinski definition) is 8. The van der Waals surface area contributed by atoms with Crippen LogP contribution in [0.3, 0.4) is 0 Å². The van der Waals surface area contributed by atoms with E-state index in [1.54, 1.807) is 13.3 Å². The van der Waals surface area contributed by atoms with Crippen molar-refractivity contribution >= 4 is 23.4 Å². The first-order valence-electron chi connectivity index (χ1n) is 12.3. The van der Waals surface area contributed by atoms with Gasteiger partial charge in [-0.15, -0.1) is 0 Å². The molecule has 1 aromatic rings. The first-order chi connectivity index (χ1) is 16.2. The Balaban J connectivity index is 1.30.